The lowest BCUT2D eigenvalue weighted by molar-refractivity contribution is 0.199. The third kappa shape index (κ3) is 4.85. The molecule has 118 valence electrons. The van der Waals surface area contributed by atoms with E-state index in [-0.39, 0.29) is 6.61 Å². The number of aliphatic hydroxyl groups excluding tert-OH is 1. The van der Waals surface area contributed by atoms with E-state index in [0.29, 0.717) is 12.5 Å². The molecule has 2 rings (SSSR count). The van der Waals surface area contributed by atoms with Gasteiger partial charge in [0.15, 0.2) is 0 Å². The second kappa shape index (κ2) is 8.59. The van der Waals surface area contributed by atoms with E-state index in [0.717, 1.165) is 49.6 Å². The Morgan fingerprint density at radius 2 is 2.33 bits per heavy atom. The fourth-order valence-corrected chi connectivity index (χ4v) is 3.00. The van der Waals surface area contributed by atoms with Crippen LogP contribution in [0.2, 0.25) is 5.02 Å². The molecule has 1 aromatic carbocycles. The maximum Gasteiger partial charge on any atom is 0.0587 e. The van der Waals surface area contributed by atoms with Crippen molar-refractivity contribution in [1.82, 2.24) is 5.32 Å². The van der Waals surface area contributed by atoms with Gasteiger partial charge < -0.3 is 20.1 Å². The molecule has 0 radical (unpaired) electrons. The van der Waals surface area contributed by atoms with Crippen LogP contribution in [-0.4, -0.2) is 45.1 Å². The molecule has 0 spiro atoms. The molecule has 2 N–H and O–H groups in total. The van der Waals surface area contributed by atoms with E-state index in [9.17, 15) is 0 Å². The predicted octanol–water partition coefficient (Wildman–Crippen LogP) is 2.28. The maximum atomic E-state index is 9.03. The number of methoxy groups -OCH3 is 1. The largest absolute Gasteiger partial charge is 0.396 e. The molecule has 1 atom stereocenters. The zero-order valence-corrected chi connectivity index (χ0v) is 13.4. The van der Waals surface area contributed by atoms with Crippen LogP contribution < -0.4 is 10.2 Å². The Hall–Kier alpha value is -0.810. The fraction of sp³-hybridized carbons (Fsp3) is 0.625. The monoisotopic (exact) mass is 312 g/mol. The highest BCUT2D eigenvalue weighted by molar-refractivity contribution is 6.31. The van der Waals surface area contributed by atoms with Gasteiger partial charge in [-0.2, -0.15) is 0 Å². The van der Waals surface area contributed by atoms with E-state index in [1.807, 2.05) is 0 Å². The van der Waals surface area contributed by atoms with E-state index in [2.05, 4.69) is 28.4 Å². The third-order valence-electron chi connectivity index (χ3n) is 4.02. The van der Waals surface area contributed by atoms with Crippen LogP contribution in [0.25, 0.3) is 0 Å². The summed E-state index contributed by atoms with van der Waals surface area (Å²) in [5.74, 6) is 0.601. The molecule has 0 saturated carbocycles. The van der Waals surface area contributed by atoms with Crippen molar-refractivity contribution in [3.63, 3.8) is 0 Å². The average Bonchev–Trinajstić information content (AvgIpc) is 2.94. The van der Waals surface area contributed by atoms with Crippen molar-refractivity contribution in [2.45, 2.75) is 19.4 Å². The molecular formula is C16H25ClN2O2. The molecule has 0 amide bonds. The van der Waals surface area contributed by atoms with E-state index in [1.54, 1.807) is 7.11 Å². The van der Waals surface area contributed by atoms with Gasteiger partial charge in [-0.15, -0.1) is 0 Å². The predicted molar refractivity (Wildman–Crippen MR) is 87.1 cm³/mol. The van der Waals surface area contributed by atoms with Gasteiger partial charge in [0.05, 0.1) is 6.61 Å². The van der Waals surface area contributed by atoms with Crippen LogP contribution in [0.3, 0.4) is 0 Å². The number of aliphatic hydroxyl groups is 1. The van der Waals surface area contributed by atoms with Gasteiger partial charge in [-0.05, 0) is 36.5 Å². The first-order valence-corrected chi connectivity index (χ1v) is 7.96. The van der Waals surface area contributed by atoms with Crippen molar-refractivity contribution < 1.29 is 9.84 Å². The minimum atomic E-state index is 0.283. The molecule has 21 heavy (non-hydrogen) atoms. The Kier molecular flexibility index (Phi) is 6.77. The molecular weight excluding hydrogens is 288 g/mol. The van der Waals surface area contributed by atoms with E-state index in [1.165, 1.54) is 5.69 Å². The molecule has 0 bridgehead atoms. The zero-order chi connectivity index (χ0) is 15.1. The molecule has 1 aliphatic rings. The minimum absolute atomic E-state index is 0.283. The molecule has 1 heterocycles. The van der Waals surface area contributed by atoms with Crippen LogP contribution >= 0.6 is 11.6 Å². The average molecular weight is 313 g/mol. The van der Waals surface area contributed by atoms with Crippen molar-refractivity contribution >= 4 is 17.3 Å². The van der Waals surface area contributed by atoms with Crippen LogP contribution in [0, 0.1) is 5.92 Å². The lowest BCUT2D eigenvalue weighted by Crippen LogP contribution is -2.21. The second-order valence-electron chi connectivity index (χ2n) is 5.56. The van der Waals surface area contributed by atoms with Crippen LogP contribution in [0.1, 0.15) is 18.4 Å². The number of halogens is 1. The van der Waals surface area contributed by atoms with E-state index >= 15 is 0 Å². The van der Waals surface area contributed by atoms with E-state index in [4.69, 9.17) is 21.4 Å². The maximum absolute atomic E-state index is 9.03. The Morgan fingerprint density at radius 1 is 1.48 bits per heavy atom. The van der Waals surface area contributed by atoms with Crippen molar-refractivity contribution in [2.24, 2.45) is 5.92 Å². The number of ether oxygens (including phenoxy) is 1. The second-order valence-corrected chi connectivity index (χ2v) is 5.97. The van der Waals surface area contributed by atoms with Crippen molar-refractivity contribution in [3.8, 4) is 0 Å². The van der Waals surface area contributed by atoms with Crippen molar-refractivity contribution in [2.75, 3.05) is 44.9 Å². The van der Waals surface area contributed by atoms with Gasteiger partial charge >= 0.3 is 0 Å². The molecule has 1 unspecified atom stereocenters. The van der Waals surface area contributed by atoms with Crippen LogP contribution in [-0.2, 0) is 11.3 Å². The standard InChI is InChI=1S/C16H25ClN2O2/c1-21-9-6-18-11-14-2-3-15(10-16(14)17)19-7-4-13(12-19)5-8-20/h2-3,10,13,18,20H,4-9,11-12H2,1H3. The molecule has 0 aliphatic carbocycles. The fourth-order valence-electron chi connectivity index (χ4n) is 2.76. The lowest BCUT2D eigenvalue weighted by atomic mass is 10.1. The molecule has 1 aromatic rings. The first-order chi connectivity index (χ1) is 10.2. The minimum Gasteiger partial charge on any atom is -0.396 e. The van der Waals surface area contributed by atoms with Crippen LogP contribution in [0.5, 0.6) is 0 Å². The summed E-state index contributed by atoms with van der Waals surface area (Å²) in [6.07, 6.45) is 2.05. The summed E-state index contributed by atoms with van der Waals surface area (Å²) >= 11 is 6.38. The Morgan fingerprint density at radius 3 is 3.05 bits per heavy atom. The normalized spacial score (nSPS) is 18.4. The summed E-state index contributed by atoms with van der Waals surface area (Å²) < 4.78 is 5.01. The summed E-state index contributed by atoms with van der Waals surface area (Å²) in [6.45, 7) is 4.63. The molecule has 5 heteroatoms. The van der Waals surface area contributed by atoms with E-state index < -0.39 is 0 Å². The van der Waals surface area contributed by atoms with Gasteiger partial charge in [0.2, 0.25) is 0 Å². The molecule has 4 nitrogen and oxygen atoms in total. The lowest BCUT2D eigenvalue weighted by Gasteiger charge is -2.20. The van der Waals surface area contributed by atoms with Gasteiger partial charge in [-0.3, -0.25) is 0 Å². The number of nitrogens with zero attached hydrogens (tertiary/aromatic N) is 1. The summed E-state index contributed by atoms with van der Waals surface area (Å²) in [5, 5.41) is 13.1. The highest BCUT2D eigenvalue weighted by Gasteiger charge is 2.22. The summed E-state index contributed by atoms with van der Waals surface area (Å²) in [4.78, 5) is 2.36. The van der Waals surface area contributed by atoms with Gasteiger partial charge in [0.25, 0.3) is 0 Å². The Bertz CT molecular complexity index is 442. The van der Waals surface area contributed by atoms with Crippen LogP contribution in [0.4, 0.5) is 5.69 Å². The van der Waals surface area contributed by atoms with Crippen molar-refractivity contribution in [1.29, 1.82) is 0 Å². The number of hydrogen-bond acceptors (Lipinski definition) is 4. The van der Waals surface area contributed by atoms with Gasteiger partial charge in [-0.1, -0.05) is 17.7 Å². The smallest absolute Gasteiger partial charge is 0.0587 e. The number of anilines is 1. The summed E-state index contributed by atoms with van der Waals surface area (Å²) in [6, 6.07) is 6.29. The molecule has 1 fully saturated rings. The SMILES string of the molecule is COCCNCc1ccc(N2CCC(CCO)C2)cc1Cl. The number of benzene rings is 1. The highest BCUT2D eigenvalue weighted by Crippen LogP contribution is 2.29. The van der Waals surface area contributed by atoms with Gasteiger partial charge in [-0.25, -0.2) is 0 Å². The topological polar surface area (TPSA) is 44.7 Å². The number of hydrogen-bond donors (Lipinski definition) is 2. The summed E-state index contributed by atoms with van der Waals surface area (Å²) in [7, 11) is 1.70. The quantitative estimate of drug-likeness (QED) is 0.723. The highest BCUT2D eigenvalue weighted by atomic mass is 35.5. The number of nitrogens with one attached hydrogen (secondary N) is 1. The summed E-state index contributed by atoms with van der Waals surface area (Å²) in [5.41, 5.74) is 2.30. The molecule has 1 saturated heterocycles. The third-order valence-corrected chi connectivity index (χ3v) is 4.38. The first kappa shape index (κ1) is 16.6. The van der Waals surface area contributed by atoms with Crippen LogP contribution in [0.15, 0.2) is 18.2 Å². The Balaban J connectivity index is 1.90. The van der Waals surface area contributed by atoms with Crippen molar-refractivity contribution in [3.05, 3.63) is 28.8 Å². The Labute approximate surface area is 132 Å². The first-order valence-electron chi connectivity index (χ1n) is 7.58. The number of rotatable bonds is 8. The molecule has 0 aromatic heterocycles. The molecule has 1 aliphatic heterocycles. The van der Waals surface area contributed by atoms with Gasteiger partial charge in [0, 0.05) is 50.6 Å². The zero-order valence-electron chi connectivity index (χ0n) is 12.6. The van der Waals surface area contributed by atoms with Gasteiger partial charge in [0.1, 0.15) is 0 Å².